The average molecular weight is 269 g/mol. The van der Waals surface area contributed by atoms with E-state index in [1.54, 1.807) is 6.92 Å². The molecule has 1 fully saturated rings. The quantitative estimate of drug-likeness (QED) is 0.752. The molecule has 2 heterocycles. The Kier molecular flexibility index (Phi) is 4.10. The van der Waals surface area contributed by atoms with Gasteiger partial charge in [-0.2, -0.15) is 4.98 Å². The Morgan fingerprint density at radius 1 is 1.42 bits per heavy atom. The van der Waals surface area contributed by atoms with Crippen LogP contribution in [0, 0.1) is 6.92 Å². The zero-order valence-corrected chi connectivity index (χ0v) is 10.5. The third-order valence-corrected chi connectivity index (χ3v) is 2.80. The Morgan fingerprint density at radius 2 is 2.16 bits per heavy atom. The number of carbonyl (C=O) groups excluding carboxylic acids is 1. The Bertz CT molecular complexity index is 473. The van der Waals surface area contributed by atoms with Gasteiger partial charge in [0.2, 0.25) is 11.8 Å². The lowest BCUT2D eigenvalue weighted by Crippen LogP contribution is -2.36. The number of carboxylic acids is 1. The van der Waals surface area contributed by atoms with E-state index < -0.39 is 18.2 Å². The summed E-state index contributed by atoms with van der Waals surface area (Å²) in [6.07, 6.45) is -0.330. The maximum atomic E-state index is 11.7. The van der Waals surface area contributed by atoms with Gasteiger partial charge in [0.25, 0.3) is 0 Å². The van der Waals surface area contributed by atoms with Gasteiger partial charge >= 0.3 is 5.97 Å². The molecule has 2 N–H and O–H groups in total. The predicted molar refractivity (Wildman–Crippen MR) is 61.3 cm³/mol. The fraction of sp³-hybridized carbons (Fsp3) is 0.636. The highest BCUT2D eigenvalue weighted by molar-refractivity contribution is 5.82. The van der Waals surface area contributed by atoms with Gasteiger partial charge in [-0.15, -0.1) is 0 Å². The van der Waals surface area contributed by atoms with Crippen LogP contribution in [0.15, 0.2) is 4.52 Å². The normalized spacial score (nSPS) is 22.4. The van der Waals surface area contributed by atoms with Crippen molar-refractivity contribution in [3.05, 3.63) is 11.7 Å². The summed E-state index contributed by atoms with van der Waals surface area (Å²) >= 11 is 0. The number of aryl methyl sites for hydroxylation is 1. The molecule has 0 bridgehead atoms. The summed E-state index contributed by atoms with van der Waals surface area (Å²) in [4.78, 5) is 26.4. The van der Waals surface area contributed by atoms with E-state index in [1.807, 2.05) is 0 Å². The first-order valence-corrected chi connectivity index (χ1v) is 6.01. The van der Waals surface area contributed by atoms with E-state index >= 15 is 0 Å². The highest BCUT2D eigenvalue weighted by Gasteiger charge is 2.34. The molecule has 2 rings (SSSR count). The number of amides is 1. The van der Waals surface area contributed by atoms with Gasteiger partial charge in [-0.25, -0.2) is 4.79 Å². The Balaban J connectivity index is 1.72. The molecule has 1 aliphatic heterocycles. The van der Waals surface area contributed by atoms with Crippen LogP contribution in [0.3, 0.4) is 0 Å². The van der Waals surface area contributed by atoms with E-state index in [9.17, 15) is 9.59 Å². The van der Waals surface area contributed by atoms with Crippen molar-refractivity contribution >= 4 is 11.9 Å². The van der Waals surface area contributed by atoms with Crippen LogP contribution < -0.4 is 5.32 Å². The largest absolute Gasteiger partial charge is 0.479 e. The molecule has 0 radical (unpaired) electrons. The van der Waals surface area contributed by atoms with E-state index in [2.05, 4.69) is 15.5 Å². The molecule has 8 nitrogen and oxygen atoms in total. The minimum Gasteiger partial charge on any atom is -0.479 e. The van der Waals surface area contributed by atoms with E-state index in [0.717, 1.165) is 0 Å². The monoisotopic (exact) mass is 269 g/mol. The zero-order valence-electron chi connectivity index (χ0n) is 10.5. The third kappa shape index (κ3) is 3.50. The van der Waals surface area contributed by atoms with Crippen LogP contribution in [0.4, 0.5) is 0 Å². The zero-order chi connectivity index (χ0) is 13.8. The molecule has 0 saturated carbocycles. The summed E-state index contributed by atoms with van der Waals surface area (Å²) < 4.78 is 9.93. The van der Waals surface area contributed by atoms with Crippen LogP contribution in [-0.4, -0.2) is 45.9 Å². The maximum absolute atomic E-state index is 11.7. The first-order valence-electron chi connectivity index (χ1n) is 6.01. The van der Waals surface area contributed by atoms with Crippen LogP contribution in [0.1, 0.15) is 24.6 Å². The SMILES string of the molecule is Cc1nc(CCNC(=O)[C@@H]2CC[C@H](C(=O)O)O2)no1. The Hall–Kier alpha value is -1.96. The molecule has 0 aliphatic carbocycles. The minimum atomic E-state index is -1.03. The molecular weight excluding hydrogens is 254 g/mol. The van der Waals surface area contributed by atoms with Crippen molar-refractivity contribution < 1.29 is 24.0 Å². The molecule has 0 spiro atoms. The number of hydrogen-bond acceptors (Lipinski definition) is 6. The maximum Gasteiger partial charge on any atom is 0.332 e. The number of hydrogen-bond donors (Lipinski definition) is 2. The van der Waals surface area contributed by atoms with Crippen molar-refractivity contribution in [1.82, 2.24) is 15.5 Å². The van der Waals surface area contributed by atoms with Crippen molar-refractivity contribution in [2.24, 2.45) is 0 Å². The number of aromatic nitrogens is 2. The Morgan fingerprint density at radius 3 is 2.74 bits per heavy atom. The second-order valence-corrected chi connectivity index (χ2v) is 4.30. The topological polar surface area (TPSA) is 115 Å². The van der Waals surface area contributed by atoms with E-state index in [-0.39, 0.29) is 5.91 Å². The van der Waals surface area contributed by atoms with Gasteiger partial charge in [0, 0.05) is 19.9 Å². The number of carbonyl (C=O) groups is 2. The molecule has 8 heteroatoms. The number of ether oxygens (including phenoxy) is 1. The standard InChI is InChI=1S/C11H15N3O5/c1-6-13-9(14-19-6)4-5-12-10(15)7-2-3-8(18-7)11(16)17/h7-8H,2-5H2,1H3,(H,12,15)(H,16,17)/t7-,8+/m0/s1. The van der Waals surface area contributed by atoms with Gasteiger partial charge in [-0.05, 0) is 12.8 Å². The highest BCUT2D eigenvalue weighted by Crippen LogP contribution is 2.19. The molecule has 0 aromatic carbocycles. The van der Waals surface area contributed by atoms with Crippen molar-refractivity contribution in [2.75, 3.05) is 6.54 Å². The van der Waals surface area contributed by atoms with E-state index in [0.29, 0.717) is 37.5 Å². The summed E-state index contributed by atoms with van der Waals surface area (Å²) in [5, 5.41) is 15.1. The fourth-order valence-electron chi connectivity index (χ4n) is 1.87. The second-order valence-electron chi connectivity index (χ2n) is 4.30. The van der Waals surface area contributed by atoms with E-state index in [1.165, 1.54) is 0 Å². The van der Waals surface area contributed by atoms with Gasteiger partial charge < -0.3 is 19.7 Å². The van der Waals surface area contributed by atoms with Gasteiger partial charge in [0.15, 0.2) is 11.9 Å². The van der Waals surface area contributed by atoms with Crippen LogP contribution in [0.25, 0.3) is 0 Å². The van der Waals surface area contributed by atoms with Crippen molar-refractivity contribution in [1.29, 1.82) is 0 Å². The molecule has 2 atom stereocenters. The summed E-state index contributed by atoms with van der Waals surface area (Å²) in [6.45, 7) is 2.04. The second kappa shape index (κ2) is 5.79. The van der Waals surface area contributed by atoms with Crippen molar-refractivity contribution in [3.63, 3.8) is 0 Å². The number of rotatable bonds is 5. The van der Waals surface area contributed by atoms with Gasteiger partial charge in [-0.1, -0.05) is 5.16 Å². The van der Waals surface area contributed by atoms with Crippen molar-refractivity contribution in [3.8, 4) is 0 Å². The molecule has 0 unspecified atom stereocenters. The number of aliphatic carboxylic acids is 1. The number of nitrogens with zero attached hydrogens (tertiary/aromatic N) is 2. The Labute approximate surface area is 109 Å². The fourth-order valence-corrected chi connectivity index (χ4v) is 1.87. The number of nitrogens with one attached hydrogen (secondary N) is 1. The molecule has 1 amide bonds. The smallest absolute Gasteiger partial charge is 0.332 e. The lowest BCUT2D eigenvalue weighted by atomic mass is 10.2. The van der Waals surface area contributed by atoms with Gasteiger partial charge in [0.05, 0.1) is 0 Å². The van der Waals surface area contributed by atoms with Crippen molar-refractivity contribution in [2.45, 2.75) is 38.4 Å². The van der Waals surface area contributed by atoms with E-state index in [4.69, 9.17) is 14.4 Å². The highest BCUT2D eigenvalue weighted by atomic mass is 16.5. The van der Waals surface area contributed by atoms with Gasteiger partial charge in [0.1, 0.15) is 6.10 Å². The molecule has 1 aromatic heterocycles. The molecule has 1 aromatic rings. The first-order chi connectivity index (χ1) is 9.06. The lowest BCUT2D eigenvalue weighted by molar-refractivity contribution is -0.151. The number of carboxylic acid groups (broad SMARTS) is 1. The minimum absolute atomic E-state index is 0.302. The summed E-state index contributed by atoms with van der Waals surface area (Å²) in [5.74, 6) is -0.333. The third-order valence-electron chi connectivity index (χ3n) is 2.80. The summed E-state index contributed by atoms with van der Waals surface area (Å²) in [6, 6.07) is 0. The molecule has 1 aliphatic rings. The molecule has 1 saturated heterocycles. The average Bonchev–Trinajstić information content (AvgIpc) is 2.98. The predicted octanol–water partition coefficient (Wildman–Crippen LogP) is -0.331. The van der Waals surface area contributed by atoms with Gasteiger partial charge in [-0.3, -0.25) is 4.79 Å². The van der Waals surface area contributed by atoms with Crippen LogP contribution in [-0.2, 0) is 20.7 Å². The summed E-state index contributed by atoms with van der Waals surface area (Å²) in [7, 11) is 0. The van der Waals surface area contributed by atoms with Crippen LogP contribution in [0.5, 0.6) is 0 Å². The molecular formula is C11H15N3O5. The van der Waals surface area contributed by atoms with Crippen LogP contribution >= 0.6 is 0 Å². The lowest BCUT2D eigenvalue weighted by Gasteiger charge is -2.10. The molecule has 104 valence electrons. The molecule has 19 heavy (non-hydrogen) atoms. The van der Waals surface area contributed by atoms with Crippen LogP contribution in [0.2, 0.25) is 0 Å². The first kappa shape index (κ1) is 13.5. The summed E-state index contributed by atoms with van der Waals surface area (Å²) in [5.41, 5.74) is 0.